The molecule has 7 N–H and O–H groups in total. The zero-order valence-corrected chi connectivity index (χ0v) is 16.1. The van der Waals surface area contributed by atoms with Gasteiger partial charge in [0.1, 0.15) is 30.2 Å². The molecule has 0 aliphatic carbocycles. The van der Waals surface area contributed by atoms with Gasteiger partial charge in [-0.25, -0.2) is 24.6 Å². The van der Waals surface area contributed by atoms with Gasteiger partial charge in [-0.15, -0.1) is 0 Å². The van der Waals surface area contributed by atoms with Crippen LogP contribution in [-0.4, -0.2) is 76.5 Å². The molecular weight excluding hydrogens is 427 g/mol. The summed E-state index contributed by atoms with van der Waals surface area (Å²) >= 11 is 0. The van der Waals surface area contributed by atoms with Crippen LogP contribution in [0.25, 0.3) is 11.2 Å². The number of nitrogens with one attached hydrogen (secondary N) is 1. The summed E-state index contributed by atoms with van der Waals surface area (Å²) < 4.78 is 24.1. The molecule has 5 atom stereocenters. The number of ether oxygens (including phenoxy) is 1. The lowest BCUT2D eigenvalue weighted by atomic mass is 10.2. The van der Waals surface area contributed by atoms with Gasteiger partial charge >= 0.3 is 19.7 Å². The maximum Gasteiger partial charge on any atom is 0.403 e. The fraction of sp³-hybridized carbons (Fsp3) is 0.500. The average Bonchev–Trinajstić information content (AvgIpc) is 3.23. The number of hydrogen-bond donors (Lipinski definition) is 6. The van der Waals surface area contributed by atoms with Gasteiger partial charge in [0.25, 0.3) is 0 Å². The second kappa shape index (κ2) is 8.59. The first-order valence-corrected chi connectivity index (χ1v) is 10.1. The number of rotatable bonds is 9. The molecule has 0 aromatic carbocycles. The number of hydrogen-bond acceptors (Lipinski definition) is 10. The normalized spacial score (nSPS) is 24.5. The minimum atomic E-state index is -4.70. The number of nitrogen functional groups attached to an aromatic ring is 1. The molecule has 1 fully saturated rings. The van der Waals surface area contributed by atoms with Crippen LogP contribution in [-0.2, 0) is 23.4 Å². The molecule has 0 bridgehead atoms. The number of aliphatic carboxylic acids is 2. The lowest BCUT2D eigenvalue weighted by Crippen LogP contribution is -2.37. The number of aliphatic hydroxyl groups excluding tert-OH is 1. The number of fused-ring (bicyclic) bond motifs is 1. The summed E-state index contributed by atoms with van der Waals surface area (Å²) in [5.74, 6) is -2.95. The summed E-state index contributed by atoms with van der Waals surface area (Å²) in [5.41, 5.74) is 6.44. The fourth-order valence-corrected chi connectivity index (χ4v) is 3.91. The lowest BCUT2D eigenvalue weighted by molar-refractivity contribution is -0.145. The number of carboxylic acid groups (broad SMARTS) is 2. The highest BCUT2D eigenvalue weighted by atomic mass is 31.2. The molecule has 30 heavy (non-hydrogen) atoms. The highest BCUT2D eigenvalue weighted by molar-refractivity contribution is 7.50. The van der Waals surface area contributed by atoms with Gasteiger partial charge in [0.2, 0.25) is 0 Å². The van der Waals surface area contributed by atoms with Crippen molar-refractivity contribution in [2.24, 2.45) is 0 Å². The van der Waals surface area contributed by atoms with Gasteiger partial charge in [-0.1, -0.05) is 0 Å². The van der Waals surface area contributed by atoms with E-state index in [2.05, 4.69) is 15.0 Å². The molecule has 0 radical (unpaired) electrons. The van der Waals surface area contributed by atoms with Gasteiger partial charge in [0, 0.05) is 6.42 Å². The first-order chi connectivity index (χ1) is 14.1. The predicted molar refractivity (Wildman–Crippen MR) is 96.9 cm³/mol. The summed E-state index contributed by atoms with van der Waals surface area (Å²) in [6.45, 7) is -0.568. The van der Waals surface area contributed by atoms with Crippen LogP contribution in [0.15, 0.2) is 12.7 Å². The van der Waals surface area contributed by atoms with E-state index in [-0.39, 0.29) is 12.2 Å². The molecular formula is C14H19N6O9P. The Kier molecular flexibility index (Phi) is 6.30. The molecule has 2 aromatic rings. The predicted octanol–water partition coefficient (Wildman–Crippen LogP) is -1.31. The molecule has 0 saturated carbocycles. The highest BCUT2D eigenvalue weighted by Gasteiger charge is 2.38. The van der Waals surface area contributed by atoms with Crippen molar-refractivity contribution in [3.05, 3.63) is 12.7 Å². The van der Waals surface area contributed by atoms with Crippen molar-refractivity contribution in [3.8, 4) is 0 Å². The Hall–Kier alpha value is -2.68. The first-order valence-electron chi connectivity index (χ1n) is 8.53. The number of aliphatic hydroxyl groups is 1. The monoisotopic (exact) mass is 446 g/mol. The smallest absolute Gasteiger partial charge is 0.403 e. The van der Waals surface area contributed by atoms with Crippen LogP contribution < -0.4 is 10.8 Å². The van der Waals surface area contributed by atoms with Gasteiger partial charge in [-0.05, 0) is 0 Å². The van der Waals surface area contributed by atoms with Gasteiger partial charge in [-0.3, -0.25) is 18.7 Å². The second-order valence-electron chi connectivity index (χ2n) is 6.45. The molecule has 3 heterocycles. The van der Waals surface area contributed by atoms with Crippen molar-refractivity contribution in [2.45, 2.75) is 37.3 Å². The van der Waals surface area contributed by atoms with Crippen LogP contribution >= 0.6 is 7.75 Å². The molecule has 2 aromatic heterocycles. The van der Waals surface area contributed by atoms with Gasteiger partial charge in [-0.2, -0.15) is 0 Å². The largest absolute Gasteiger partial charge is 0.481 e. The van der Waals surface area contributed by atoms with Crippen LogP contribution in [0.3, 0.4) is 0 Å². The zero-order chi connectivity index (χ0) is 22.1. The number of aromatic nitrogens is 4. The van der Waals surface area contributed by atoms with Crippen molar-refractivity contribution < 1.29 is 43.6 Å². The van der Waals surface area contributed by atoms with Crippen molar-refractivity contribution >= 4 is 36.7 Å². The van der Waals surface area contributed by atoms with Crippen LogP contribution in [0, 0.1) is 0 Å². The van der Waals surface area contributed by atoms with Crippen LogP contribution in [0.4, 0.5) is 5.82 Å². The molecule has 16 heteroatoms. The zero-order valence-electron chi connectivity index (χ0n) is 15.2. The van der Waals surface area contributed by atoms with Crippen LogP contribution in [0.5, 0.6) is 0 Å². The molecule has 164 valence electrons. The second-order valence-corrected chi connectivity index (χ2v) is 8.01. The molecule has 0 spiro atoms. The van der Waals surface area contributed by atoms with E-state index in [9.17, 15) is 24.2 Å². The molecule has 1 saturated heterocycles. The topological polar surface area (TPSA) is 232 Å². The third-order valence-electron chi connectivity index (χ3n) is 4.31. The number of nitrogens with zero attached hydrogens (tertiary/aromatic N) is 4. The Morgan fingerprint density at radius 2 is 2.13 bits per heavy atom. The summed E-state index contributed by atoms with van der Waals surface area (Å²) in [6.07, 6.45) is -1.05. The maximum absolute atomic E-state index is 12.1. The Labute approximate surface area is 168 Å². The minimum Gasteiger partial charge on any atom is -0.481 e. The van der Waals surface area contributed by atoms with Crippen molar-refractivity contribution in [1.29, 1.82) is 0 Å². The van der Waals surface area contributed by atoms with E-state index >= 15 is 0 Å². The van der Waals surface area contributed by atoms with E-state index < -0.39 is 57.2 Å². The average molecular weight is 446 g/mol. The van der Waals surface area contributed by atoms with E-state index in [0.717, 1.165) is 0 Å². The number of carboxylic acids is 2. The quantitative estimate of drug-likeness (QED) is 0.246. The van der Waals surface area contributed by atoms with Crippen molar-refractivity contribution in [2.75, 3.05) is 12.3 Å². The Bertz CT molecular complexity index is 999. The highest BCUT2D eigenvalue weighted by Crippen LogP contribution is 2.40. The Balaban J connectivity index is 1.63. The third kappa shape index (κ3) is 4.89. The van der Waals surface area contributed by atoms with Crippen LogP contribution in [0.1, 0.15) is 19.1 Å². The van der Waals surface area contributed by atoms with Crippen molar-refractivity contribution in [1.82, 2.24) is 24.6 Å². The molecule has 15 nitrogen and oxygen atoms in total. The van der Waals surface area contributed by atoms with Gasteiger partial charge in [0.05, 0.1) is 25.5 Å². The fourth-order valence-electron chi connectivity index (χ4n) is 2.89. The summed E-state index contributed by atoms with van der Waals surface area (Å²) in [4.78, 5) is 43.5. The summed E-state index contributed by atoms with van der Waals surface area (Å²) in [6, 6.07) is -1.84. The van der Waals surface area contributed by atoms with Crippen LogP contribution in [0.2, 0.25) is 0 Å². The number of nitrogens with two attached hydrogens (primary N) is 1. The Morgan fingerprint density at radius 3 is 2.80 bits per heavy atom. The minimum absolute atomic E-state index is 0.0866. The standard InChI is InChI=1S/C14H19N6O9P/c15-12-11-13(17-4-16-12)20(5-18-11)9-2-7(21)8(29-9)3-28-30(26,27)19-6(14(24)25)1-10(22)23/h4-9,21H,1-3H2,(H,22,23)(H,24,25)(H2,15,16,17)(H2,19,26,27)/t6?,7-,8+,9+/m0/s1. The van der Waals surface area contributed by atoms with E-state index in [1.165, 1.54) is 17.2 Å². The number of carbonyl (C=O) groups is 2. The number of imidazole rings is 1. The first kappa shape index (κ1) is 22.0. The summed E-state index contributed by atoms with van der Waals surface area (Å²) in [5, 5.41) is 29.6. The molecule has 3 rings (SSSR count). The van der Waals surface area contributed by atoms with E-state index in [1.807, 2.05) is 0 Å². The van der Waals surface area contributed by atoms with E-state index in [0.29, 0.717) is 11.2 Å². The van der Waals surface area contributed by atoms with E-state index in [4.69, 9.17) is 25.2 Å². The van der Waals surface area contributed by atoms with E-state index in [1.54, 1.807) is 5.09 Å². The molecule has 2 unspecified atom stereocenters. The Morgan fingerprint density at radius 1 is 1.40 bits per heavy atom. The molecule has 0 amide bonds. The van der Waals surface area contributed by atoms with Gasteiger partial charge < -0.3 is 30.7 Å². The third-order valence-corrected chi connectivity index (χ3v) is 5.45. The van der Waals surface area contributed by atoms with Gasteiger partial charge in [0.15, 0.2) is 11.5 Å². The lowest BCUT2D eigenvalue weighted by Gasteiger charge is -2.20. The maximum atomic E-state index is 12.1. The summed E-state index contributed by atoms with van der Waals surface area (Å²) in [7, 11) is -4.70. The molecule has 1 aliphatic heterocycles. The molecule has 1 aliphatic rings. The van der Waals surface area contributed by atoms with Crippen molar-refractivity contribution in [3.63, 3.8) is 0 Å². The SMILES string of the molecule is Nc1ncnc2c1ncn2[C@H]1C[C@H](O)[C@@H](COP(=O)(O)NC(CC(=O)O)C(=O)O)O1. The number of anilines is 1.